The lowest BCUT2D eigenvalue weighted by atomic mass is 10.2. The van der Waals surface area contributed by atoms with Crippen LogP contribution < -0.4 is 5.32 Å². The first-order chi connectivity index (χ1) is 9.60. The zero-order valence-corrected chi connectivity index (χ0v) is 12.3. The third-order valence-corrected chi connectivity index (χ3v) is 4.31. The fourth-order valence-electron chi connectivity index (χ4n) is 1.43. The molecule has 0 fully saturated rings. The summed E-state index contributed by atoms with van der Waals surface area (Å²) in [4.78, 5) is 11.2. The molecule has 0 radical (unpaired) electrons. The maximum Gasteiger partial charge on any atom is 0.283 e. The predicted octanol–water partition coefficient (Wildman–Crippen LogP) is 3.50. The standard InChI is InChI=1S/C12H12N4O2S2/c1-3-6-13-11-14-15-12(20-11)19-10-5-4-8(2)7-9(10)16(17)18/h3-5,7H,1,6H2,2H3,(H,13,14). The van der Waals surface area contributed by atoms with Gasteiger partial charge in [0, 0.05) is 12.6 Å². The van der Waals surface area contributed by atoms with Crippen LogP contribution in [0.4, 0.5) is 10.8 Å². The van der Waals surface area contributed by atoms with Crippen LogP contribution in [0, 0.1) is 17.0 Å². The van der Waals surface area contributed by atoms with Crippen LogP contribution in [0.25, 0.3) is 0 Å². The highest BCUT2D eigenvalue weighted by Gasteiger charge is 2.16. The van der Waals surface area contributed by atoms with Gasteiger partial charge in [0.25, 0.3) is 5.69 Å². The SMILES string of the molecule is C=CCNc1nnc(Sc2ccc(C)cc2[N+](=O)[O-])s1. The molecule has 0 saturated heterocycles. The highest BCUT2D eigenvalue weighted by atomic mass is 32.2. The van der Waals surface area contributed by atoms with Gasteiger partial charge in [-0.25, -0.2) is 0 Å². The van der Waals surface area contributed by atoms with Crippen molar-refractivity contribution in [3.8, 4) is 0 Å². The Morgan fingerprint density at radius 2 is 2.35 bits per heavy atom. The van der Waals surface area contributed by atoms with E-state index in [9.17, 15) is 10.1 Å². The van der Waals surface area contributed by atoms with E-state index in [4.69, 9.17) is 0 Å². The molecule has 0 saturated carbocycles. The van der Waals surface area contributed by atoms with E-state index < -0.39 is 0 Å². The number of nitrogens with one attached hydrogen (secondary N) is 1. The molecule has 0 unspecified atom stereocenters. The Morgan fingerprint density at radius 1 is 1.55 bits per heavy atom. The van der Waals surface area contributed by atoms with E-state index >= 15 is 0 Å². The quantitative estimate of drug-likeness (QED) is 0.499. The molecule has 6 nitrogen and oxygen atoms in total. The number of hydrogen-bond acceptors (Lipinski definition) is 7. The monoisotopic (exact) mass is 308 g/mol. The van der Waals surface area contributed by atoms with Crippen molar-refractivity contribution in [3.63, 3.8) is 0 Å². The molecule has 104 valence electrons. The highest BCUT2D eigenvalue weighted by Crippen LogP contribution is 2.37. The Morgan fingerprint density at radius 3 is 3.05 bits per heavy atom. The molecule has 2 aromatic rings. The Balaban J connectivity index is 2.19. The van der Waals surface area contributed by atoms with Crippen LogP contribution in [0.1, 0.15) is 5.56 Å². The summed E-state index contributed by atoms with van der Waals surface area (Å²) in [5.74, 6) is 0. The molecular formula is C12H12N4O2S2. The van der Waals surface area contributed by atoms with E-state index in [0.29, 0.717) is 20.9 Å². The smallest absolute Gasteiger partial charge is 0.283 e. The summed E-state index contributed by atoms with van der Waals surface area (Å²) in [5.41, 5.74) is 0.942. The van der Waals surface area contributed by atoms with Crippen molar-refractivity contribution in [1.82, 2.24) is 10.2 Å². The fourth-order valence-corrected chi connectivity index (χ4v) is 3.23. The number of benzene rings is 1. The lowest BCUT2D eigenvalue weighted by Gasteiger charge is -2.00. The van der Waals surface area contributed by atoms with Gasteiger partial charge in [0.15, 0.2) is 4.34 Å². The molecule has 0 atom stereocenters. The molecule has 0 amide bonds. The van der Waals surface area contributed by atoms with Gasteiger partial charge in [-0.2, -0.15) is 0 Å². The molecule has 1 heterocycles. The Bertz CT molecular complexity index is 642. The van der Waals surface area contributed by atoms with Crippen LogP contribution in [0.3, 0.4) is 0 Å². The van der Waals surface area contributed by atoms with Gasteiger partial charge in [0.2, 0.25) is 5.13 Å². The minimum Gasteiger partial charge on any atom is -0.357 e. The number of hydrogen-bond donors (Lipinski definition) is 1. The molecule has 0 bridgehead atoms. The topological polar surface area (TPSA) is 81.0 Å². The van der Waals surface area contributed by atoms with E-state index in [0.717, 1.165) is 5.56 Å². The van der Waals surface area contributed by atoms with Crippen LogP contribution in [0.15, 0.2) is 40.1 Å². The zero-order valence-electron chi connectivity index (χ0n) is 10.7. The van der Waals surface area contributed by atoms with Gasteiger partial charge in [-0.3, -0.25) is 10.1 Å². The number of nitro benzene ring substituents is 1. The number of nitrogens with zero attached hydrogens (tertiary/aromatic N) is 3. The largest absolute Gasteiger partial charge is 0.357 e. The first kappa shape index (κ1) is 14.5. The van der Waals surface area contributed by atoms with E-state index in [1.54, 1.807) is 18.2 Å². The minimum absolute atomic E-state index is 0.0887. The van der Waals surface area contributed by atoms with Gasteiger partial charge in [0.1, 0.15) is 0 Å². The van der Waals surface area contributed by atoms with Crippen LogP contribution >= 0.6 is 23.1 Å². The van der Waals surface area contributed by atoms with Gasteiger partial charge in [0.05, 0.1) is 9.82 Å². The number of aromatic nitrogens is 2. The fraction of sp³-hybridized carbons (Fsp3) is 0.167. The summed E-state index contributed by atoms with van der Waals surface area (Å²) in [6.45, 7) is 6.03. The average Bonchev–Trinajstić information content (AvgIpc) is 2.86. The molecule has 0 spiro atoms. The second kappa shape index (κ2) is 6.49. The Labute approximate surface area is 124 Å². The Hall–Kier alpha value is -1.93. The molecule has 20 heavy (non-hydrogen) atoms. The van der Waals surface area contributed by atoms with Gasteiger partial charge < -0.3 is 5.32 Å². The maximum absolute atomic E-state index is 11.0. The molecule has 1 aromatic carbocycles. The molecular weight excluding hydrogens is 296 g/mol. The molecule has 1 N–H and O–H groups in total. The lowest BCUT2D eigenvalue weighted by Crippen LogP contribution is -1.96. The normalized spacial score (nSPS) is 10.2. The van der Waals surface area contributed by atoms with Crippen molar-refractivity contribution < 1.29 is 4.92 Å². The van der Waals surface area contributed by atoms with E-state index in [2.05, 4.69) is 22.1 Å². The lowest BCUT2D eigenvalue weighted by molar-refractivity contribution is -0.387. The summed E-state index contributed by atoms with van der Waals surface area (Å²) in [6.07, 6.45) is 1.72. The minimum atomic E-state index is -0.382. The number of nitro groups is 1. The summed E-state index contributed by atoms with van der Waals surface area (Å²) >= 11 is 2.59. The first-order valence-electron chi connectivity index (χ1n) is 5.71. The van der Waals surface area contributed by atoms with Crippen molar-refractivity contribution >= 4 is 33.9 Å². The van der Waals surface area contributed by atoms with Crippen molar-refractivity contribution in [2.45, 2.75) is 16.2 Å². The molecule has 0 aliphatic rings. The van der Waals surface area contributed by atoms with Crippen molar-refractivity contribution in [2.24, 2.45) is 0 Å². The molecule has 8 heteroatoms. The van der Waals surface area contributed by atoms with E-state index in [1.165, 1.54) is 23.1 Å². The van der Waals surface area contributed by atoms with Crippen LogP contribution in [-0.2, 0) is 0 Å². The highest BCUT2D eigenvalue weighted by molar-refractivity contribution is 8.01. The summed E-state index contributed by atoms with van der Waals surface area (Å²) in [7, 11) is 0. The third-order valence-electron chi connectivity index (χ3n) is 2.31. The zero-order chi connectivity index (χ0) is 14.5. The predicted molar refractivity (Wildman–Crippen MR) is 80.6 cm³/mol. The number of anilines is 1. The van der Waals surface area contributed by atoms with E-state index in [-0.39, 0.29) is 10.6 Å². The van der Waals surface area contributed by atoms with Gasteiger partial charge >= 0.3 is 0 Å². The molecule has 2 rings (SSSR count). The summed E-state index contributed by atoms with van der Waals surface area (Å²) in [6, 6.07) is 5.13. The summed E-state index contributed by atoms with van der Waals surface area (Å²) < 4.78 is 0.656. The van der Waals surface area contributed by atoms with Crippen molar-refractivity contribution in [1.29, 1.82) is 0 Å². The molecule has 1 aromatic heterocycles. The van der Waals surface area contributed by atoms with Gasteiger partial charge in [-0.05, 0) is 30.3 Å². The maximum atomic E-state index is 11.0. The first-order valence-corrected chi connectivity index (χ1v) is 7.34. The van der Waals surface area contributed by atoms with Crippen LogP contribution in [0.2, 0.25) is 0 Å². The van der Waals surface area contributed by atoms with Gasteiger partial charge in [-0.15, -0.1) is 16.8 Å². The van der Waals surface area contributed by atoms with Crippen LogP contribution in [0.5, 0.6) is 0 Å². The summed E-state index contributed by atoms with van der Waals surface area (Å²) in [5, 5.41) is 22.7. The number of aryl methyl sites for hydroxylation is 1. The third kappa shape index (κ3) is 3.55. The van der Waals surface area contributed by atoms with E-state index in [1.807, 2.05) is 13.0 Å². The van der Waals surface area contributed by atoms with Crippen molar-refractivity contribution in [3.05, 3.63) is 46.5 Å². The van der Waals surface area contributed by atoms with Crippen molar-refractivity contribution in [2.75, 3.05) is 11.9 Å². The number of rotatable bonds is 6. The average molecular weight is 308 g/mol. The molecule has 0 aliphatic heterocycles. The van der Waals surface area contributed by atoms with Crippen LogP contribution in [-0.4, -0.2) is 21.7 Å². The second-order valence-corrected chi connectivity index (χ2v) is 6.14. The van der Waals surface area contributed by atoms with Gasteiger partial charge in [-0.1, -0.05) is 23.5 Å². The molecule has 0 aliphatic carbocycles. The Kier molecular flexibility index (Phi) is 4.70. The second-order valence-electron chi connectivity index (χ2n) is 3.87.